The summed E-state index contributed by atoms with van der Waals surface area (Å²) in [7, 11) is 0. The van der Waals surface area contributed by atoms with E-state index in [-0.39, 0.29) is 58.0 Å². The van der Waals surface area contributed by atoms with Gasteiger partial charge in [0.1, 0.15) is 0 Å². The minimum Gasteiger partial charge on any atom is -0.854 e. The van der Waals surface area contributed by atoms with Crippen LogP contribution in [0.3, 0.4) is 0 Å². The van der Waals surface area contributed by atoms with E-state index in [0.717, 1.165) is 45.7 Å². The van der Waals surface area contributed by atoms with Crippen molar-refractivity contribution in [3.8, 4) is 0 Å². The topological polar surface area (TPSA) is 55.6 Å². The zero-order valence-electron chi connectivity index (χ0n) is 12.0. The van der Waals surface area contributed by atoms with Crippen LogP contribution in [0.5, 0.6) is 0 Å². The second kappa shape index (κ2) is 15.5. The van der Waals surface area contributed by atoms with Crippen LogP contribution in [0, 0.1) is 0 Å². The Bertz CT molecular complexity index is 142. The van der Waals surface area contributed by atoms with Crippen molar-refractivity contribution in [2.75, 3.05) is 52.4 Å². The van der Waals surface area contributed by atoms with Crippen LogP contribution in [0.4, 0.5) is 0 Å². The summed E-state index contributed by atoms with van der Waals surface area (Å²) in [5.74, 6) is 0. The van der Waals surface area contributed by atoms with Crippen LogP contribution in [0.15, 0.2) is 0 Å². The van der Waals surface area contributed by atoms with Gasteiger partial charge < -0.3 is 20.6 Å². The van der Waals surface area contributed by atoms with Gasteiger partial charge in [-0.25, -0.2) is 0 Å². The van der Waals surface area contributed by atoms with Crippen LogP contribution >= 0.6 is 0 Å². The van der Waals surface area contributed by atoms with Gasteiger partial charge in [-0.1, -0.05) is 13.8 Å². The molecule has 1 heterocycles. The maximum absolute atomic E-state index is 10.4. The van der Waals surface area contributed by atoms with Crippen molar-refractivity contribution in [3.63, 3.8) is 0 Å². The number of unbranched alkanes of at least 4 members (excludes halogenated alkanes) is 1. The first-order valence-electron chi connectivity index (χ1n) is 6.59. The van der Waals surface area contributed by atoms with E-state index in [2.05, 4.69) is 9.80 Å². The van der Waals surface area contributed by atoms with Crippen LogP contribution in [-0.4, -0.2) is 62.2 Å². The van der Waals surface area contributed by atoms with E-state index in [0.29, 0.717) is 0 Å². The molecule has 1 rings (SSSR count). The maximum atomic E-state index is 10.4. The molecule has 2 N–H and O–H groups in total. The summed E-state index contributed by atoms with van der Waals surface area (Å²) in [6.45, 7) is 11.1. The van der Waals surface area contributed by atoms with Gasteiger partial charge in [-0.2, -0.15) is 0 Å². The normalized spacial score (nSPS) is 16.9. The molecule has 0 aromatic heterocycles. The molecule has 4 nitrogen and oxygen atoms in total. The molecule has 5 heteroatoms. The average molecular weight is 269 g/mol. The Kier molecular flexibility index (Phi) is 19.0. The molecule has 0 aliphatic carbocycles. The monoisotopic (exact) mass is 269 g/mol. The molecular formula is C12H28KN3O. The minimum atomic E-state index is 0. The minimum absolute atomic E-state index is 0. The first kappa shape index (κ1) is 20.8. The molecule has 0 spiro atoms. The number of hydrogen-bond acceptors (Lipinski definition) is 4. The summed E-state index contributed by atoms with van der Waals surface area (Å²) in [6.07, 6.45) is 2.33. The van der Waals surface area contributed by atoms with Gasteiger partial charge in [0.05, 0.1) is 0 Å². The largest absolute Gasteiger partial charge is 1.00 e. The van der Waals surface area contributed by atoms with Crippen LogP contribution in [-0.2, 0) is 0 Å². The zero-order chi connectivity index (χ0) is 12.2. The second-order valence-corrected chi connectivity index (χ2v) is 3.88. The number of hydrogen-bond donors (Lipinski definition) is 1. The van der Waals surface area contributed by atoms with Crippen LogP contribution in [0.1, 0.15) is 26.7 Å². The van der Waals surface area contributed by atoms with E-state index in [9.17, 15) is 5.11 Å². The van der Waals surface area contributed by atoms with Gasteiger partial charge in [0.25, 0.3) is 0 Å². The van der Waals surface area contributed by atoms with E-state index in [4.69, 9.17) is 5.73 Å². The van der Waals surface area contributed by atoms with Crippen molar-refractivity contribution >= 4 is 0 Å². The van der Waals surface area contributed by atoms with Crippen LogP contribution in [0.25, 0.3) is 0 Å². The van der Waals surface area contributed by atoms with Crippen molar-refractivity contribution in [1.29, 1.82) is 0 Å². The van der Waals surface area contributed by atoms with E-state index < -0.39 is 0 Å². The number of nitrogens with two attached hydrogens (primary N) is 1. The molecule has 0 radical (unpaired) electrons. The number of piperazine rings is 1. The third-order valence-corrected chi connectivity index (χ3v) is 2.80. The standard InChI is InChI=1S/C10H22N3O.C2H6.K/c11-3-1-2-4-12-5-7-13(8-6-12)9-10-14;1-2;/h1-11H2;1-2H3;/q-1;;+1. The average Bonchev–Trinajstić information content (AvgIpc) is 2.35. The van der Waals surface area contributed by atoms with Crippen molar-refractivity contribution < 1.29 is 56.5 Å². The summed E-state index contributed by atoms with van der Waals surface area (Å²) < 4.78 is 0. The molecule has 1 aliphatic heterocycles. The second-order valence-electron chi connectivity index (χ2n) is 3.88. The first-order chi connectivity index (χ1) is 7.86. The summed E-state index contributed by atoms with van der Waals surface area (Å²) in [4.78, 5) is 4.73. The zero-order valence-corrected chi connectivity index (χ0v) is 15.1. The summed E-state index contributed by atoms with van der Waals surface area (Å²) in [5.41, 5.74) is 5.44. The SMILES string of the molecule is CC.NCCCCN1CCN(CC[O-])CC1.[K+]. The third-order valence-electron chi connectivity index (χ3n) is 2.80. The van der Waals surface area contributed by atoms with E-state index >= 15 is 0 Å². The molecular weight excluding hydrogens is 241 g/mol. The van der Waals surface area contributed by atoms with Gasteiger partial charge in [0.15, 0.2) is 0 Å². The van der Waals surface area contributed by atoms with Crippen molar-refractivity contribution in [2.24, 2.45) is 5.73 Å². The molecule has 0 bridgehead atoms. The molecule has 0 unspecified atom stereocenters. The Balaban J connectivity index is 0. The molecule has 0 aromatic rings. The fourth-order valence-corrected chi connectivity index (χ4v) is 1.85. The quantitative estimate of drug-likeness (QED) is 0.406. The number of nitrogens with zero attached hydrogens (tertiary/aromatic N) is 2. The molecule has 0 saturated carbocycles. The Morgan fingerprint density at radius 3 is 1.82 bits per heavy atom. The Morgan fingerprint density at radius 1 is 0.941 bits per heavy atom. The van der Waals surface area contributed by atoms with Gasteiger partial charge in [-0.15, -0.1) is 6.61 Å². The fraction of sp³-hybridized carbons (Fsp3) is 1.00. The van der Waals surface area contributed by atoms with E-state index in [1.165, 1.54) is 13.0 Å². The Labute approximate surface area is 149 Å². The van der Waals surface area contributed by atoms with Gasteiger partial charge in [-0.3, -0.25) is 0 Å². The molecule has 1 aliphatic rings. The fourth-order valence-electron chi connectivity index (χ4n) is 1.85. The molecule has 0 aromatic carbocycles. The van der Waals surface area contributed by atoms with Crippen molar-refractivity contribution in [3.05, 3.63) is 0 Å². The molecule has 17 heavy (non-hydrogen) atoms. The van der Waals surface area contributed by atoms with Gasteiger partial charge in [0, 0.05) is 26.2 Å². The van der Waals surface area contributed by atoms with E-state index in [1.807, 2.05) is 13.8 Å². The molecule has 98 valence electrons. The molecule has 1 fully saturated rings. The summed E-state index contributed by atoms with van der Waals surface area (Å²) in [6, 6.07) is 0. The Hall–Kier alpha value is 1.48. The van der Waals surface area contributed by atoms with Gasteiger partial charge in [0.2, 0.25) is 0 Å². The number of rotatable bonds is 6. The third kappa shape index (κ3) is 11.0. The first-order valence-corrected chi connectivity index (χ1v) is 6.59. The van der Waals surface area contributed by atoms with E-state index in [1.54, 1.807) is 0 Å². The van der Waals surface area contributed by atoms with Crippen LogP contribution in [0.2, 0.25) is 0 Å². The smallest absolute Gasteiger partial charge is 0.854 e. The Morgan fingerprint density at radius 2 is 1.41 bits per heavy atom. The molecule has 1 saturated heterocycles. The summed E-state index contributed by atoms with van der Waals surface area (Å²) >= 11 is 0. The van der Waals surface area contributed by atoms with Gasteiger partial charge >= 0.3 is 51.4 Å². The predicted molar refractivity (Wildman–Crippen MR) is 67.4 cm³/mol. The van der Waals surface area contributed by atoms with Crippen LogP contribution < -0.4 is 62.2 Å². The van der Waals surface area contributed by atoms with Crippen molar-refractivity contribution in [1.82, 2.24) is 9.80 Å². The predicted octanol–water partition coefficient (Wildman–Crippen LogP) is -3.27. The maximum Gasteiger partial charge on any atom is 1.00 e. The molecule has 0 atom stereocenters. The van der Waals surface area contributed by atoms with Gasteiger partial charge in [-0.05, 0) is 32.5 Å². The molecule has 0 amide bonds. The van der Waals surface area contributed by atoms with Crippen molar-refractivity contribution in [2.45, 2.75) is 26.7 Å². The summed E-state index contributed by atoms with van der Waals surface area (Å²) in [5, 5.41) is 10.4.